The number of likely N-dealkylation sites (N-methyl/N-ethyl adjacent to an activating group) is 1. The molecule has 164 valence electrons. The standard InChI is InChI=1S/C22H27N5O3S/c1-15(2)31(29,30)17-7-5-16(6-8-17)19-14-24-21-20(25-19)18(13-23-21)22(28)27-10-4-9-26(3)11-12-27/h5-8,13-15H,4,9-12H2,1-3H3,(H,23,24). The summed E-state index contributed by atoms with van der Waals surface area (Å²) in [5.74, 6) is -0.0497. The number of fused-ring (bicyclic) bond motifs is 1. The van der Waals surface area contributed by atoms with Gasteiger partial charge in [0.2, 0.25) is 0 Å². The van der Waals surface area contributed by atoms with Crippen LogP contribution >= 0.6 is 0 Å². The highest BCUT2D eigenvalue weighted by Crippen LogP contribution is 2.24. The molecule has 2 aromatic heterocycles. The van der Waals surface area contributed by atoms with Gasteiger partial charge >= 0.3 is 0 Å². The molecule has 1 aromatic carbocycles. The van der Waals surface area contributed by atoms with Crippen LogP contribution in [0.5, 0.6) is 0 Å². The molecule has 0 spiro atoms. The first-order valence-corrected chi connectivity index (χ1v) is 12.0. The van der Waals surface area contributed by atoms with E-state index in [9.17, 15) is 13.2 Å². The summed E-state index contributed by atoms with van der Waals surface area (Å²) in [4.78, 5) is 29.7. The summed E-state index contributed by atoms with van der Waals surface area (Å²) >= 11 is 0. The van der Waals surface area contributed by atoms with E-state index in [2.05, 4.69) is 26.9 Å². The Morgan fingerprint density at radius 1 is 1.10 bits per heavy atom. The zero-order valence-corrected chi connectivity index (χ0v) is 18.8. The maximum absolute atomic E-state index is 13.2. The maximum atomic E-state index is 13.2. The van der Waals surface area contributed by atoms with E-state index >= 15 is 0 Å². The minimum atomic E-state index is -3.33. The molecule has 1 aliphatic heterocycles. The summed E-state index contributed by atoms with van der Waals surface area (Å²) in [5.41, 5.74) is 2.92. The van der Waals surface area contributed by atoms with Crippen molar-refractivity contribution in [2.45, 2.75) is 30.4 Å². The average Bonchev–Trinajstić information content (AvgIpc) is 3.06. The Balaban J connectivity index is 1.65. The van der Waals surface area contributed by atoms with Crippen LogP contribution in [0.3, 0.4) is 0 Å². The molecule has 4 rings (SSSR count). The molecule has 9 heteroatoms. The third-order valence-electron chi connectivity index (χ3n) is 5.72. The number of nitrogens with zero attached hydrogens (tertiary/aromatic N) is 4. The van der Waals surface area contributed by atoms with Gasteiger partial charge in [-0.2, -0.15) is 0 Å². The molecular weight excluding hydrogens is 414 g/mol. The summed E-state index contributed by atoms with van der Waals surface area (Å²) in [6.07, 6.45) is 4.23. The minimum absolute atomic E-state index is 0.0497. The summed E-state index contributed by atoms with van der Waals surface area (Å²) in [5, 5.41) is -0.485. The average molecular weight is 442 g/mol. The first-order valence-electron chi connectivity index (χ1n) is 10.4. The lowest BCUT2D eigenvalue weighted by molar-refractivity contribution is 0.0764. The summed E-state index contributed by atoms with van der Waals surface area (Å²) < 4.78 is 24.7. The Labute approximate surface area is 182 Å². The monoisotopic (exact) mass is 441 g/mol. The number of aromatic amines is 1. The number of aromatic nitrogens is 3. The summed E-state index contributed by atoms with van der Waals surface area (Å²) in [6, 6.07) is 6.63. The number of hydrogen-bond donors (Lipinski definition) is 1. The highest BCUT2D eigenvalue weighted by molar-refractivity contribution is 7.92. The molecule has 3 aromatic rings. The van der Waals surface area contributed by atoms with Gasteiger partial charge < -0.3 is 14.8 Å². The lowest BCUT2D eigenvalue weighted by Gasteiger charge is -2.20. The zero-order chi connectivity index (χ0) is 22.2. The van der Waals surface area contributed by atoms with Crippen LogP contribution in [0, 0.1) is 0 Å². The van der Waals surface area contributed by atoms with E-state index in [1.54, 1.807) is 50.5 Å². The number of rotatable bonds is 4. The second-order valence-electron chi connectivity index (χ2n) is 8.22. The van der Waals surface area contributed by atoms with Crippen molar-refractivity contribution in [3.63, 3.8) is 0 Å². The van der Waals surface area contributed by atoms with Gasteiger partial charge in [0, 0.05) is 31.4 Å². The molecule has 1 fully saturated rings. The molecule has 0 aliphatic carbocycles. The molecule has 3 heterocycles. The van der Waals surface area contributed by atoms with E-state index in [1.165, 1.54) is 0 Å². The molecule has 1 aliphatic rings. The molecule has 0 atom stereocenters. The molecule has 0 bridgehead atoms. The van der Waals surface area contributed by atoms with Crippen LogP contribution in [-0.2, 0) is 9.84 Å². The van der Waals surface area contributed by atoms with Gasteiger partial charge in [-0.15, -0.1) is 0 Å². The van der Waals surface area contributed by atoms with E-state index in [-0.39, 0.29) is 10.8 Å². The summed E-state index contributed by atoms with van der Waals surface area (Å²) in [6.45, 7) is 6.54. The van der Waals surface area contributed by atoms with Crippen LogP contribution in [0.2, 0.25) is 0 Å². The number of carbonyl (C=O) groups is 1. The molecule has 0 saturated carbocycles. The molecular formula is C22H27N5O3S. The third-order valence-corrected chi connectivity index (χ3v) is 7.89. The van der Waals surface area contributed by atoms with Crippen LogP contribution in [0.1, 0.15) is 30.6 Å². The highest BCUT2D eigenvalue weighted by atomic mass is 32.2. The molecule has 31 heavy (non-hydrogen) atoms. The van der Waals surface area contributed by atoms with Crippen LogP contribution in [-0.4, -0.2) is 77.6 Å². The van der Waals surface area contributed by atoms with Crippen molar-refractivity contribution in [3.05, 3.63) is 42.2 Å². The van der Waals surface area contributed by atoms with Gasteiger partial charge in [-0.3, -0.25) is 4.79 Å². The van der Waals surface area contributed by atoms with E-state index in [4.69, 9.17) is 0 Å². The van der Waals surface area contributed by atoms with Crippen LogP contribution in [0.15, 0.2) is 41.6 Å². The van der Waals surface area contributed by atoms with Crippen molar-refractivity contribution in [2.75, 3.05) is 33.2 Å². The number of carbonyl (C=O) groups excluding carboxylic acids is 1. The van der Waals surface area contributed by atoms with E-state index < -0.39 is 15.1 Å². The van der Waals surface area contributed by atoms with E-state index in [1.807, 2.05) is 4.90 Å². The molecule has 1 N–H and O–H groups in total. The number of sulfone groups is 1. The SMILES string of the molecule is CC(C)S(=O)(=O)c1ccc(-c2cnc3[nH]cc(C(=O)N4CCCN(C)CC4)c3n2)cc1. The number of nitrogens with one attached hydrogen (secondary N) is 1. The molecule has 8 nitrogen and oxygen atoms in total. The fraction of sp³-hybridized carbons (Fsp3) is 0.409. The normalized spacial score (nSPS) is 16.1. The van der Waals surface area contributed by atoms with Gasteiger partial charge in [-0.1, -0.05) is 12.1 Å². The molecule has 1 amide bonds. The lowest BCUT2D eigenvalue weighted by atomic mass is 10.1. The fourth-order valence-corrected chi connectivity index (χ4v) is 4.76. The van der Waals surface area contributed by atoms with Gasteiger partial charge in [0.05, 0.1) is 27.6 Å². The quantitative estimate of drug-likeness (QED) is 0.668. The largest absolute Gasteiger partial charge is 0.344 e. The van der Waals surface area contributed by atoms with Crippen molar-refractivity contribution in [1.29, 1.82) is 0 Å². The van der Waals surface area contributed by atoms with Gasteiger partial charge in [0.25, 0.3) is 5.91 Å². The smallest absolute Gasteiger partial charge is 0.257 e. The zero-order valence-electron chi connectivity index (χ0n) is 18.0. The predicted octanol–water partition coefficient (Wildman–Crippen LogP) is 2.58. The van der Waals surface area contributed by atoms with Crippen molar-refractivity contribution >= 4 is 26.9 Å². The first-order chi connectivity index (χ1) is 14.8. The number of hydrogen-bond acceptors (Lipinski definition) is 6. The number of H-pyrrole nitrogens is 1. The highest BCUT2D eigenvalue weighted by Gasteiger charge is 2.23. The van der Waals surface area contributed by atoms with Gasteiger partial charge in [-0.25, -0.2) is 18.4 Å². The molecule has 0 unspecified atom stereocenters. The third kappa shape index (κ3) is 4.20. The van der Waals surface area contributed by atoms with Crippen LogP contribution < -0.4 is 0 Å². The summed E-state index contributed by atoms with van der Waals surface area (Å²) in [7, 11) is -1.27. The van der Waals surface area contributed by atoms with Crippen molar-refractivity contribution in [2.24, 2.45) is 0 Å². The predicted molar refractivity (Wildman–Crippen MR) is 120 cm³/mol. The van der Waals surface area contributed by atoms with Crippen molar-refractivity contribution < 1.29 is 13.2 Å². The lowest BCUT2D eigenvalue weighted by Crippen LogP contribution is -2.34. The van der Waals surface area contributed by atoms with Gasteiger partial charge in [0.1, 0.15) is 5.52 Å². The van der Waals surface area contributed by atoms with Gasteiger partial charge in [-0.05, 0) is 46.0 Å². The Morgan fingerprint density at radius 3 is 2.55 bits per heavy atom. The Kier molecular flexibility index (Phi) is 5.81. The topological polar surface area (TPSA) is 99.3 Å². The van der Waals surface area contributed by atoms with Crippen LogP contribution in [0.25, 0.3) is 22.4 Å². The van der Waals surface area contributed by atoms with Gasteiger partial charge in [0.15, 0.2) is 15.5 Å². The maximum Gasteiger partial charge on any atom is 0.257 e. The Hall–Kier alpha value is -2.78. The fourth-order valence-electron chi connectivity index (χ4n) is 3.70. The number of amides is 1. The Bertz CT molecular complexity index is 1200. The van der Waals surface area contributed by atoms with Crippen molar-refractivity contribution in [3.8, 4) is 11.3 Å². The Morgan fingerprint density at radius 2 is 1.84 bits per heavy atom. The van der Waals surface area contributed by atoms with E-state index in [0.717, 1.165) is 31.6 Å². The first kappa shape index (κ1) is 21.5. The van der Waals surface area contributed by atoms with Crippen molar-refractivity contribution in [1.82, 2.24) is 24.8 Å². The molecule has 0 radical (unpaired) electrons. The minimum Gasteiger partial charge on any atom is -0.344 e. The second kappa shape index (κ2) is 8.39. The second-order valence-corrected chi connectivity index (χ2v) is 10.7. The van der Waals surface area contributed by atoms with E-state index in [0.29, 0.717) is 29.0 Å². The molecule has 1 saturated heterocycles. The number of benzene rings is 1. The van der Waals surface area contributed by atoms with Crippen LogP contribution in [0.4, 0.5) is 0 Å².